The predicted octanol–water partition coefficient (Wildman–Crippen LogP) is 3.53. The molecular weight excluding hydrogens is 250 g/mol. The van der Waals surface area contributed by atoms with Crippen LogP contribution >= 0.6 is 0 Å². The Balaban J connectivity index is 2.07. The van der Waals surface area contributed by atoms with E-state index < -0.39 is 17.7 Å². The second-order valence-electron chi connectivity index (χ2n) is 5.65. The van der Waals surface area contributed by atoms with Gasteiger partial charge >= 0.3 is 0 Å². The topological polar surface area (TPSA) is 29.5 Å². The highest BCUT2D eigenvalue weighted by atomic mass is 19.1. The molecule has 0 aromatic heterocycles. The van der Waals surface area contributed by atoms with Gasteiger partial charge in [0, 0.05) is 18.2 Å². The van der Waals surface area contributed by atoms with Crippen molar-refractivity contribution in [2.24, 2.45) is 11.8 Å². The average molecular weight is 270 g/mol. The van der Waals surface area contributed by atoms with Gasteiger partial charge in [0.25, 0.3) is 0 Å². The zero-order valence-electron chi connectivity index (χ0n) is 11.3. The molecule has 0 heterocycles. The van der Waals surface area contributed by atoms with Crippen LogP contribution in [0.5, 0.6) is 5.75 Å². The number of benzene rings is 1. The van der Waals surface area contributed by atoms with Crippen molar-refractivity contribution in [2.45, 2.75) is 45.3 Å². The molecule has 3 unspecified atom stereocenters. The first-order chi connectivity index (χ1) is 8.95. The molecule has 1 aliphatic rings. The lowest BCUT2D eigenvalue weighted by Crippen LogP contribution is -2.39. The van der Waals surface area contributed by atoms with Gasteiger partial charge in [-0.05, 0) is 31.1 Å². The van der Waals surface area contributed by atoms with Crippen LogP contribution < -0.4 is 4.74 Å². The van der Waals surface area contributed by atoms with Gasteiger partial charge in [0.05, 0.1) is 6.10 Å². The molecule has 1 aromatic rings. The molecule has 106 valence electrons. The summed E-state index contributed by atoms with van der Waals surface area (Å²) in [6.07, 6.45) is 1.40. The van der Waals surface area contributed by atoms with E-state index in [0.29, 0.717) is 18.3 Å². The van der Waals surface area contributed by atoms with Crippen LogP contribution in [0, 0.1) is 23.5 Å². The van der Waals surface area contributed by atoms with Crippen LogP contribution in [0.1, 0.15) is 33.1 Å². The van der Waals surface area contributed by atoms with Crippen LogP contribution in [0.4, 0.5) is 8.78 Å². The van der Waals surface area contributed by atoms with E-state index in [1.165, 1.54) is 0 Å². The van der Waals surface area contributed by atoms with E-state index in [0.717, 1.165) is 31.0 Å². The van der Waals surface area contributed by atoms with E-state index >= 15 is 0 Å². The van der Waals surface area contributed by atoms with Gasteiger partial charge in [-0.1, -0.05) is 13.8 Å². The molecule has 1 fully saturated rings. The number of hydrogen-bond acceptors (Lipinski definition) is 2. The van der Waals surface area contributed by atoms with Crippen LogP contribution in [-0.2, 0) is 0 Å². The van der Waals surface area contributed by atoms with Gasteiger partial charge in [-0.3, -0.25) is 0 Å². The Hall–Kier alpha value is -1.16. The van der Waals surface area contributed by atoms with E-state index in [9.17, 15) is 13.9 Å². The van der Waals surface area contributed by atoms with E-state index in [2.05, 4.69) is 13.8 Å². The first kappa shape index (κ1) is 14.3. The number of aliphatic hydroxyl groups is 1. The molecule has 1 N–H and O–H groups in total. The van der Waals surface area contributed by atoms with Crippen LogP contribution in [0.15, 0.2) is 18.2 Å². The first-order valence-corrected chi connectivity index (χ1v) is 6.76. The minimum atomic E-state index is -0.666. The highest BCUT2D eigenvalue weighted by Crippen LogP contribution is 2.32. The first-order valence-electron chi connectivity index (χ1n) is 6.76. The highest BCUT2D eigenvalue weighted by Gasteiger charge is 2.32. The Morgan fingerprint density at radius 1 is 1.16 bits per heavy atom. The molecule has 2 nitrogen and oxygen atoms in total. The van der Waals surface area contributed by atoms with E-state index in [1.807, 2.05) is 0 Å². The van der Waals surface area contributed by atoms with Crippen molar-refractivity contribution < 1.29 is 18.6 Å². The molecular formula is C15H20F2O2. The summed E-state index contributed by atoms with van der Waals surface area (Å²) in [4.78, 5) is 0. The van der Waals surface area contributed by atoms with Gasteiger partial charge in [0.1, 0.15) is 23.5 Å². The third-order valence-corrected chi connectivity index (χ3v) is 3.86. The molecule has 0 bridgehead atoms. The fourth-order valence-electron chi connectivity index (χ4n) is 2.65. The Kier molecular flexibility index (Phi) is 4.40. The maximum atomic E-state index is 13.1. The number of halogens is 2. The quantitative estimate of drug-likeness (QED) is 0.910. The van der Waals surface area contributed by atoms with E-state index in [4.69, 9.17) is 4.74 Å². The fourth-order valence-corrected chi connectivity index (χ4v) is 2.65. The number of rotatable bonds is 3. The molecule has 3 atom stereocenters. The summed E-state index contributed by atoms with van der Waals surface area (Å²) in [7, 11) is 0. The third kappa shape index (κ3) is 3.66. The Labute approximate surface area is 112 Å². The molecule has 1 aliphatic carbocycles. The molecule has 0 spiro atoms. The summed E-state index contributed by atoms with van der Waals surface area (Å²) in [5.74, 6) is -0.193. The molecule has 0 aliphatic heterocycles. The summed E-state index contributed by atoms with van der Waals surface area (Å²) in [5, 5.41) is 9.96. The van der Waals surface area contributed by atoms with Crippen molar-refractivity contribution in [2.75, 3.05) is 0 Å². The Bertz CT molecular complexity index is 414. The van der Waals surface area contributed by atoms with Gasteiger partial charge in [-0.25, -0.2) is 8.78 Å². The van der Waals surface area contributed by atoms with E-state index in [-0.39, 0.29) is 11.9 Å². The summed E-state index contributed by atoms with van der Waals surface area (Å²) >= 11 is 0. The van der Waals surface area contributed by atoms with Crippen molar-refractivity contribution >= 4 is 0 Å². The normalized spacial score (nSPS) is 27.6. The monoisotopic (exact) mass is 270 g/mol. The van der Waals surface area contributed by atoms with Crippen LogP contribution in [0.2, 0.25) is 0 Å². The molecule has 0 amide bonds. The van der Waals surface area contributed by atoms with Crippen molar-refractivity contribution in [3.05, 3.63) is 29.8 Å². The second kappa shape index (κ2) is 5.87. The van der Waals surface area contributed by atoms with E-state index in [1.54, 1.807) is 0 Å². The van der Waals surface area contributed by atoms with Gasteiger partial charge in [0.15, 0.2) is 0 Å². The minimum absolute atomic E-state index is 0.144. The number of aliphatic hydroxyl groups excluding tert-OH is 1. The Morgan fingerprint density at radius 2 is 1.79 bits per heavy atom. The third-order valence-electron chi connectivity index (χ3n) is 3.86. The smallest absolute Gasteiger partial charge is 0.129 e. The largest absolute Gasteiger partial charge is 0.488 e. The predicted molar refractivity (Wildman–Crippen MR) is 69.0 cm³/mol. The summed E-state index contributed by atoms with van der Waals surface area (Å²) < 4.78 is 31.8. The zero-order chi connectivity index (χ0) is 14.0. The summed E-state index contributed by atoms with van der Waals surface area (Å²) in [6, 6.07) is 3.10. The van der Waals surface area contributed by atoms with Gasteiger partial charge in [-0.15, -0.1) is 0 Å². The van der Waals surface area contributed by atoms with Crippen molar-refractivity contribution in [1.29, 1.82) is 0 Å². The molecule has 0 saturated heterocycles. The maximum absolute atomic E-state index is 13.1. The van der Waals surface area contributed by atoms with Crippen molar-refractivity contribution in [3.63, 3.8) is 0 Å². The number of ether oxygens (including phenoxy) is 1. The highest BCUT2D eigenvalue weighted by molar-refractivity contribution is 5.24. The lowest BCUT2D eigenvalue weighted by atomic mass is 9.79. The molecule has 1 saturated carbocycles. The lowest BCUT2D eigenvalue weighted by molar-refractivity contribution is -0.0179. The molecule has 0 radical (unpaired) electrons. The maximum Gasteiger partial charge on any atom is 0.129 e. The summed E-state index contributed by atoms with van der Waals surface area (Å²) in [5.41, 5.74) is 0. The SMILES string of the molecule is CC(C)C1CCC(O)C(Oc2cc(F)cc(F)c2)C1. The van der Waals surface area contributed by atoms with Gasteiger partial charge < -0.3 is 9.84 Å². The molecule has 2 rings (SSSR count). The van der Waals surface area contributed by atoms with Gasteiger partial charge in [0.2, 0.25) is 0 Å². The molecule has 19 heavy (non-hydrogen) atoms. The summed E-state index contributed by atoms with van der Waals surface area (Å²) in [6.45, 7) is 4.28. The Morgan fingerprint density at radius 3 is 2.37 bits per heavy atom. The average Bonchev–Trinajstić information content (AvgIpc) is 2.30. The lowest BCUT2D eigenvalue weighted by Gasteiger charge is -2.35. The second-order valence-corrected chi connectivity index (χ2v) is 5.65. The van der Waals surface area contributed by atoms with Crippen LogP contribution in [0.25, 0.3) is 0 Å². The van der Waals surface area contributed by atoms with Crippen molar-refractivity contribution in [1.82, 2.24) is 0 Å². The minimum Gasteiger partial charge on any atom is -0.488 e. The van der Waals surface area contributed by atoms with Gasteiger partial charge in [-0.2, -0.15) is 0 Å². The number of hydrogen-bond donors (Lipinski definition) is 1. The van der Waals surface area contributed by atoms with Crippen LogP contribution in [-0.4, -0.2) is 17.3 Å². The fraction of sp³-hybridized carbons (Fsp3) is 0.600. The molecule has 1 aromatic carbocycles. The van der Waals surface area contributed by atoms with Crippen molar-refractivity contribution in [3.8, 4) is 5.75 Å². The molecule has 4 heteroatoms. The van der Waals surface area contributed by atoms with Crippen LogP contribution in [0.3, 0.4) is 0 Å². The standard InChI is InChI=1S/C15H20F2O2/c1-9(2)10-3-4-14(18)15(5-10)19-13-7-11(16)6-12(17)8-13/h6-10,14-15,18H,3-5H2,1-2H3. The zero-order valence-corrected chi connectivity index (χ0v) is 11.3.